The van der Waals surface area contributed by atoms with Crippen LogP contribution in [0, 0.1) is 12.7 Å². The number of carboxylic acid groups (broad SMARTS) is 1. The van der Waals surface area contributed by atoms with Crippen molar-refractivity contribution < 1.29 is 14.3 Å². The van der Waals surface area contributed by atoms with E-state index in [1.165, 1.54) is 12.1 Å². The topological polar surface area (TPSA) is 83.0 Å². The Kier molecular flexibility index (Phi) is 3.91. The largest absolute Gasteiger partial charge is 0.477 e. The van der Waals surface area contributed by atoms with Gasteiger partial charge in [-0.3, -0.25) is 4.79 Å². The van der Waals surface area contributed by atoms with Gasteiger partial charge in [0.1, 0.15) is 21.3 Å². The standard InChI is InChI=1S/C15H10ClFN2O3S/c1-6-11-13(20)18-10(19-14(11)23-12(6)15(21)22)5-7-2-3-9(17)8(16)4-7/h2-4H,5H2,1H3,(H,21,22)(H,18,19,20). The number of aromatic nitrogens is 2. The lowest BCUT2D eigenvalue weighted by Gasteiger charge is -2.03. The molecule has 1 aromatic carbocycles. The first-order valence-electron chi connectivity index (χ1n) is 6.56. The number of nitrogens with one attached hydrogen (secondary N) is 1. The lowest BCUT2D eigenvalue weighted by Crippen LogP contribution is -2.12. The van der Waals surface area contributed by atoms with Crippen LogP contribution >= 0.6 is 22.9 Å². The molecule has 0 saturated carbocycles. The van der Waals surface area contributed by atoms with Gasteiger partial charge in [-0.15, -0.1) is 11.3 Å². The van der Waals surface area contributed by atoms with E-state index < -0.39 is 11.8 Å². The summed E-state index contributed by atoms with van der Waals surface area (Å²) < 4.78 is 13.2. The van der Waals surface area contributed by atoms with E-state index in [0.717, 1.165) is 11.3 Å². The second kappa shape index (κ2) is 5.75. The van der Waals surface area contributed by atoms with Crippen LogP contribution in [0.15, 0.2) is 23.0 Å². The molecule has 0 unspecified atom stereocenters. The molecule has 8 heteroatoms. The monoisotopic (exact) mass is 352 g/mol. The Bertz CT molecular complexity index is 996. The number of H-pyrrole nitrogens is 1. The molecule has 0 amide bonds. The molecule has 23 heavy (non-hydrogen) atoms. The number of hydrogen-bond donors (Lipinski definition) is 2. The van der Waals surface area contributed by atoms with Crippen LogP contribution in [0.5, 0.6) is 0 Å². The molecule has 0 fully saturated rings. The first kappa shape index (κ1) is 15.6. The van der Waals surface area contributed by atoms with Gasteiger partial charge >= 0.3 is 5.97 Å². The SMILES string of the molecule is Cc1c(C(=O)O)sc2nc(Cc3ccc(F)c(Cl)c3)[nH]c(=O)c12. The summed E-state index contributed by atoms with van der Waals surface area (Å²) in [5.74, 6) is -1.24. The molecule has 3 rings (SSSR count). The first-order valence-corrected chi connectivity index (χ1v) is 7.75. The summed E-state index contributed by atoms with van der Waals surface area (Å²) in [6, 6.07) is 4.25. The van der Waals surface area contributed by atoms with Crippen molar-refractivity contribution in [2.24, 2.45) is 0 Å². The number of benzene rings is 1. The van der Waals surface area contributed by atoms with Crippen molar-refractivity contribution in [2.75, 3.05) is 0 Å². The molecule has 3 aromatic rings. The van der Waals surface area contributed by atoms with Crippen LogP contribution in [0.25, 0.3) is 10.2 Å². The third-order valence-electron chi connectivity index (χ3n) is 3.40. The summed E-state index contributed by atoms with van der Waals surface area (Å²) >= 11 is 6.69. The predicted molar refractivity (Wildman–Crippen MR) is 86.2 cm³/mol. The molecule has 0 saturated heterocycles. The van der Waals surface area contributed by atoms with Crippen molar-refractivity contribution in [3.63, 3.8) is 0 Å². The average Bonchev–Trinajstić information content (AvgIpc) is 2.80. The number of hydrogen-bond acceptors (Lipinski definition) is 4. The van der Waals surface area contributed by atoms with Gasteiger partial charge in [-0.05, 0) is 30.2 Å². The lowest BCUT2D eigenvalue weighted by atomic mass is 10.1. The van der Waals surface area contributed by atoms with E-state index in [0.29, 0.717) is 21.8 Å². The van der Waals surface area contributed by atoms with Gasteiger partial charge in [0.15, 0.2) is 0 Å². The highest BCUT2D eigenvalue weighted by atomic mass is 35.5. The summed E-state index contributed by atoms with van der Waals surface area (Å²) in [6.45, 7) is 1.58. The van der Waals surface area contributed by atoms with E-state index >= 15 is 0 Å². The zero-order chi connectivity index (χ0) is 16.7. The Balaban J connectivity index is 2.07. The number of aryl methyl sites for hydroxylation is 1. The van der Waals surface area contributed by atoms with Crippen LogP contribution in [0.4, 0.5) is 4.39 Å². The normalized spacial score (nSPS) is 11.1. The number of carbonyl (C=O) groups is 1. The zero-order valence-electron chi connectivity index (χ0n) is 11.8. The van der Waals surface area contributed by atoms with Crippen LogP contribution in [0.3, 0.4) is 0 Å². The molecule has 2 aromatic heterocycles. The van der Waals surface area contributed by atoms with Crippen LogP contribution in [0.2, 0.25) is 5.02 Å². The number of nitrogens with zero attached hydrogens (tertiary/aromatic N) is 1. The van der Waals surface area contributed by atoms with E-state index in [9.17, 15) is 14.0 Å². The van der Waals surface area contributed by atoms with E-state index in [1.807, 2.05) is 0 Å². The number of halogens is 2. The second-order valence-corrected chi connectivity index (χ2v) is 6.39. The van der Waals surface area contributed by atoms with Gasteiger partial charge in [0.05, 0.1) is 10.4 Å². The van der Waals surface area contributed by atoms with E-state index in [1.54, 1.807) is 13.0 Å². The molecular weight excluding hydrogens is 343 g/mol. The molecule has 2 heterocycles. The quantitative estimate of drug-likeness (QED) is 0.757. The van der Waals surface area contributed by atoms with Gasteiger partial charge in [0, 0.05) is 6.42 Å². The maximum atomic E-state index is 13.2. The maximum Gasteiger partial charge on any atom is 0.346 e. The fraction of sp³-hybridized carbons (Fsp3) is 0.133. The molecule has 0 aliphatic heterocycles. The van der Waals surface area contributed by atoms with Crippen LogP contribution in [0.1, 0.15) is 26.6 Å². The summed E-state index contributed by atoms with van der Waals surface area (Å²) in [5, 5.41) is 9.42. The minimum absolute atomic E-state index is 0.00828. The molecule has 0 atom stereocenters. The summed E-state index contributed by atoms with van der Waals surface area (Å²) in [6.07, 6.45) is 0.254. The highest BCUT2D eigenvalue weighted by Crippen LogP contribution is 2.27. The molecule has 0 aliphatic carbocycles. The van der Waals surface area contributed by atoms with E-state index in [-0.39, 0.29) is 27.3 Å². The highest BCUT2D eigenvalue weighted by Gasteiger charge is 2.18. The summed E-state index contributed by atoms with van der Waals surface area (Å²) in [7, 11) is 0. The number of aromatic amines is 1. The van der Waals surface area contributed by atoms with Crippen molar-refractivity contribution >= 4 is 39.1 Å². The van der Waals surface area contributed by atoms with Gasteiger partial charge < -0.3 is 10.1 Å². The average molecular weight is 353 g/mol. The molecule has 2 N–H and O–H groups in total. The number of fused-ring (bicyclic) bond motifs is 1. The second-order valence-electron chi connectivity index (χ2n) is 4.98. The number of thiophene rings is 1. The highest BCUT2D eigenvalue weighted by molar-refractivity contribution is 7.20. The van der Waals surface area contributed by atoms with Crippen molar-refractivity contribution in [2.45, 2.75) is 13.3 Å². The van der Waals surface area contributed by atoms with Gasteiger partial charge in [-0.25, -0.2) is 14.2 Å². The zero-order valence-corrected chi connectivity index (χ0v) is 13.4. The summed E-state index contributed by atoms with van der Waals surface area (Å²) in [4.78, 5) is 30.8. The lowest BCUT2D eigenvalue weighted by molar-refractivity contribution is 0.0701. The van der Waals surface area contributed by atoms with Crippen molar-refractivity contribution in [1.29, 1.82) is 0 Å². The minimum Gasteiger partial charge on any atom is -0.477 e. The Morgan fingerprint density at radius 2 is 2.22 bits per heavy atom. The minimum atomic E-state index is -1.09. The number of rotatable bonds is 3. The third kappa shape index (κ3) is 2.85. The van der Waals surface area contributed by atoms with Crippen LogP contribution < -0.4 is 5.56 Å². The van der Waals surface area contributed by atoms with Gasteiger partial charge in [-0.1, -0.05) is 17.7 Å². The molecule has 0 bridgehead atoms. The van der Waals surface area contributed by atoms with Crippen molar-refractivity contribution in [3.8, 4) is 0 Å². The molecule has 0 aliphatic rings. The Morgan fingerprint density at radius 1 is 1.48 bits per heavy atom. The Hall–Kier alpha value is -2.25. The molecule has 0 radical (unpaired) electrons. The number of aromatic carboxylic acids is 1. The van der Waals surface area contributed by atoms with Crippen LogP contribution in [-0.2, 0) is 6.42 Å². The molecule has 5 nitrogen and oxygen atoms in total. The Labute approximate surface area is 138 Å². The summed E-state index contributed by atoms with van der Waals surface area (Å²) in [5.41, 5.74) is 0.702. The van der Waals surface area contributed by atoms with Gasteiger partial charge in [0.25, 0.3) is 5.56 Å². The van der Waals surface area contributed by atoms with E-state index in [2.05, 4.69) is 9.97 Å². The first-order chi connectivity index (χ1) is 10.9. The van der Waals surface area contributed by atoms with E-state index in [4.69, 9.17) is 16.7 Å². The van der Waals surface area contributed by atoms with Crippen LogP contribution in [-0.4, -0.2) is 21.0 Å². The van der Waals surface area contributed by atoms with Gasteiger partial charge in [-0.2, -0.15) is 0 Å². The van der Waals surface area contributed by atoms with Crippen molar-refractivity contribution in [3.05, 3.63) is 61.2 Å². The Morgan fingerprint density at radius 3 is 2.87 bits per heavy atom. The number of carboxylic acids is 1. The fourth-order valence-corrected chi connectivity index (χ4v) is 3.56. The van der Waals surface area contributed by atoms with Gasteiger partial charge in [0.2, 0.25) is 0 Å². The molecular formula is C15H10ClFN2O3S. The molecule has 0 spiro atoms. The maximum absolute atomic E-state index is 13.2. The fourth-order valence-electron chi connectivity index (χ4n) is 2.32. The predicted octanol–water partition coefficient (Wildman–Crippen LogP) is 3.37. The third-order valence-corrected chi connectivity index (χ3v) is 4.86. The smallest absolute Gasteiger partial charge is 0.346 e. The molecule has 118 valence electrons. The van der Waals surface area contributed by atoms with Crippen molar-refractivity contribution in [1.82, 2.24) is 9.97 Å².